The molecule has 2 aromatic carbocycles. The van der Waals surface area contributed by atoms with Gasteiger partial charge in [-0.25, -0.2) is 0 Å². The number of aryl methyl sites for hydroxylation is 1. The Morgan fingerprint density at radius 1 is 1.14 bits per heavy atom. The number of nitrogens with zero attached hydrogens (tertiary/aromatic N) is 3. The maximum absolute atomic E-state index is 13.8. The van der Waals surface area contributed by atoms with Crippen LogP contribution in [0.5, 0.6) is 0 Å². The molecule has 2 amide bonds. The number of rotatable bonds is 6. The SMILES string of the molecule is Cc1cccc2c1C1(CCN(C(=O)c3ccc4[nH]ncc4c3)CC1)C(=O)N2CC(=O)CCCC(F)(F)F. The summed E-state index contributed by atoms with van der Waals surface area (Å²) in [4.78, 5) is 42.7. The molecule has 1 aromatic heterocycles. The minimum absolute atomic E-state index is 0.120. The van der Waals surface area contributed by atoms with Crippen LogP contribution in [0.4, 0.5) is 18.9 Å². The maximum Gasteiger partial charge on any atom is 0.389 e. The van der Waals surface area contributed by atoms with Crippen molar-refractivity contribution >= 4 is 34.2 Å². The smallest absolute Gasteiger partial charge is 0.339 e. The Morgan fingerprint density at radius 2 is 1.89 bits per heavy atom. The van der Waals surface area contributed by atoms with Crippen LogP contribution < -0.4 is 4.90 Å². The molecule has 194 valence electrons. The number of nitrogens with one attached hydrogen (secondary N) is 1. The van der Waals surface area contributed by atoms with E-state index in [1.54, 1.807) is 29.3 Å². The lowest BCUT2D eigenvalue weighted by Gasteiger charge is -2.39. The van der Waals surface area contributed by atoms with Crippen LogP contribution in [0.15, 0.2) is 42.6 Å². The predicted octanol–water partition coefficient (Wildman–Crippen LogP) is 4.69. The first-order chi connectivity index (χ1) is 17.6. The van der Waals surface area contributed by atoms with Gasteiger partial charge in [-0.15, -0.1) is 0 Å². The number of hydrogen-bond donors (Lipinski definition) is 1. The molecule has 37 heavy (non-hydrogen) atoms. The van der Waals surface area contributed by atoms with Crippen LogP contribution in [0.25, 0.3) is 10.9 Å². The number of likely N-dealkylation sites (tertiary alicyclic amines) is 1. The molecular weight excluding hydrogens is 485 g/mol. The minimum atomic E-state index is -4.31. The quantitative estimate of drug-likeness (QED) is 0.519. The molecule has 3 heterocycles. The zero-order valence-corrected chi connectivity index (χ0v) is 20.4. The van der Waals surface area contributed by atoms with E-state index < -0.39 is 23.8 Å². The molecule has 2 aliphatic heterocycles. The van der Waals surface area contributed by atoms with Crippen LogP contribution in [0.2, 0.25) is 0 Å². The lowest BCUT2D eigenvalue weighted by Crippen LogP contribution is -2.50. The Balaban J connectivity index is 1.33. The predicted molar refractivity (Wildman–Crippen MR) is 131 cm³/mol. The second kappa shape index (κ2) is 9.32. The number of alkyl halides is 3. The highest BCUT2D eigenvalue weighted by Crippen LogP contribution is 2.49. The number of piperidine rings is 1. The fraction of sp³-hybridized carbons (Fsp3) is 0.407. The number of aromatic amines is 1. The zero-order chi connectivity index (χ0) is 26.4. The van der Waals surface area contributed by atoms with E-state index in [4.69, 9.17) is 0 Å². The monoisotopic (exact) mass is 512 g/mol. The van der Waals surface area contributed by atoms with E-state index in [2.05, 4.69) is 10.2 Å². The molecule has 1 spiro atoms. The van der Waals surface area contributed by atoms with E-state index in [9.17, 15) is 27.6 Å². The van der Waals surface area contributed by atoms with Crippen molar-refractivity contribution in [3.63, 3.8) is 0 Å². The molecule has 1 N–H and O–H groups in total. The summed E-state index contributed by atoms with van der Waals surface area (Å²) >= 11 is 0. The number of Topliss-reactive ketones (excluding diaryl/α,β-unsaturated/α-hetero) is 1. The summed E-state index contributed by atoms with van der Waals surface area (Å²) in [5.74, 6) is -0.734. The first-order valence-corrected chi connectivity index (χ1v) is 12.3. The molecule has 0 aliphatic carbocycles. The topological polar surface area (TPSA) is 86.4 Å². The number of aromatic nitrogens is 2. The Bertz CT molecular complexity index is 1370. The van der Waals surface area contributed by atoms with Gasteiger partial charge in [0.15, 0.2) is 5.78 Å². The molecule has 3 aromatic rings. The van der Waals surface area contributed by atoms with Crippen LogP contribution in [0.1, 0.15) is 53.6 Å². The van der Waals surface area contributed by atoms with Crippen molar-refractivity contribution in [2.75, 3.05) is 24.5 Å². The fourth-order valence-electron chi connectivity index (χ4n) is 5.69. The molecule has 2 aliphatic rings. The molecule has 5 rings (SSSR count). The Hall–Kier alpha value is -3.69. The van der Waals surface area contributed by atoms with Gasteiger partial charge in [-0.2, -0.15) is 18.3 Å². The van der Waals surface area contributed by atoms with Crippen LogP contribution >= 0.6 is 0 Å². The van der Waals surface area contributed by atoms with Crippen LogP contribution in [-0.2, 0) is 15.0 Å². The largest absolute Gasteiger partial charge is 0.389 e. The highest BCUT2D eigenvalue weighted by atomic mass is 19.4. The Kier molecular flexibility index (Phi) is 6.29. The number of H-pyrrole nitrogens is 1. The molecule has 0 radical (unpaired) electrons. The van der Waals surface area contributed by atoms with Gasteiger partial charge in [0.05, 0.1) is 23.7 Å². The molecule has 0 saturated carbocycles. The van der Waals surface area contributed by atoms with E-state index in [0.29, 0.717) is 37.2 Å². The van der Waals surface area contributed by atoms with Crippen molar-refractivity contribution in [1.82, 2.24) is 15.1 Å². The average molecular weight is 513 g/mol. The summed E-state index contributed by atoms with van der Waals surface area (Å²) in [6.45, 7) is 2.41. The van der Waals surface area contributed by atoms with E-state index in [1.807, 2.05) is 25.1 Å². The number of carbonyl (C=O) groups excluding carboxylic acids is 3. The summed E-state index contributed by atoms with van der Waals surface area (Å²) in [6, 6.07) is 10.9. The van der Waals surface area contributed by atoms with Crippen molar-refractivity contribution < 1.29 is 27.6 Å². The number of amides is 2. The molecule has 0 atom stereocenters. The highest BCUT2D eigenvalue weighted by molar-refractivity contribution is 6.11. The van der Waals surface area contributed by atoms with E-state index in [0.717, 1.165) is 22.0 Å². The zero-order valence-electron chi connectivity index (χ0n) is 20.4. The van der Waals surface area contributed by atoms with E-state index in [-0.39, 0.29) is 31.2 Å². The van der Waals surface area contributed by atoms with Gasteiger partial charge in [-0.3, -0.25) is 19.5 Å². The average Bonchev–Trinajstić information content (AvgIpc) is 3.41. The number of benzene rings is 2. The van der Waals surface area contributed by atoms with E-state index in [1.165, 1.54) is 4.90 Å². The van der Waals surface area contributed by atoms with Gasteiger partial charge < -0.3 is 9.80 Å². The summed E-state index contributed by atoms with van der Waals surface area (Å²) in [5, 5.41) is 7.69. The van der Waals surface area contributed by atoms with Crippen molar-refractivity contribution in [1.29, 1.82) is 0 Å². The van der Waals surface area contributed by atoms with Gasteiger partial charge in [0.1, 0.15) is 0 Å². The third kappa shape index (κ3) is 4.60. The standard InChI is InChI=1S/C27H27F3N4O3/c1-17-4-2-6-22-23(17)26(25(37)34(22)16-20(35)5-3-9-27(28,29)30)10-12-33(13-11-26)24(36)18-7-8-21-19(14-18)15-31-32-21/h2,4,6-8,14-15H,3,5,9-13,16H2,1H3,(H,31,32). The van der Waals surface area contributed by atoms with Crippen molar-refractivity contribution in [3.8, 4) is 0 Å². The Morgan fingerprint density at radius 3 is 2.62 bits per heavy atom. The van der Waals surface area contributed by atoms with Crippen molar-refractivity contribution in [3.05, 3.63) is 59.3 Å². The summed E-state index contributed by atoms with van der Waals surface area (Å²) in [6.07, 6.45) is -3.40. The first kappa shape index (κ1) is 25.0. The van der Waals surface area contributed by atoms with Crippen LogP contribution in [0, 0.1) is 6.92 Å². The van der Waals surface area contributed by atoms with Gasteiger partial charge in [0, 0.05) is 42.6 Å². The molecule has 10 heteroatoms. The number of fused-ring (bicyclic) bond motifs is 3. The molecule has 1 fully saturated rings. The first-order valence-electron chi connectivity index (χ1n) is 12.3. The second-order valence-electron chi connectivity index (χ2n) is 9.91. The third-order valence-corrected chi connectivity index (χ3v) is 7.52. The van der Waals surface area contributed by atoms with E-state index >= 15 is 0 Å². The number of carbonyl (C=O) groups is 3. The minimum Gasteiger partial charge on any atom is -0.339 e. The van der Waals surface area contributed by atoms with Crippen molar-refractivity contribution in [2.45, 2.75) is 50.6 Å². The van der Waals surface area contributed by atoms with Gasteiger partial charge in [0.2, 0.25) is 5.91 Å². The Labute approximate surface area is 211 Å². The molecule has 1 saturated heterocycles. The lowest BCUT2D eigenvalue weighted by molar-refractivity contribution is -0.137. The molecule has 0 unspecified atom stereocenters. The third-order valence-electron chi connectivity index (χ3n) is 7.52. The number of halogens is 3. The number of ketones is 1. The molecular formula is C27H27F3N4O3. The van der Waals surface area contributed by atoms with Crippen molar-refractivity contribution in [2.24, 2.45) is 0 Å². The molecule has 7 nitrogen and oxygen atoms in total. The summed E-state index contributed by atoms with van der Waals surface area (Å²) < 4.78 is 37.5. The maximum atomic E-state index is 13.8. The van der Waals surface area contributed by atoms with Gasteiger partial charge in [-0.05, 0) is 61.6 Å². The van der Waals surface area contributed by atoms with Crippen LogP contribution in [-0.4, -0.2) is 58.5 Å². The number of hydrogen-bond acceptors (Lipinski definition) is 4. The van der Waals surface area contributed by atoms with Gasteiger partial charge in [-0.1, -0.05) is 12.1 Å². The fourth-order valence-corrected chi connectivity index (χ4v) is 5.69. The lowest BCUT2D eigenvalue weighted by atomic mass is 9.72. The summed E-state index contributed by atoms with van der Waals surface area (Å²) in [7, 11) is 0. The normalized spacial score (nSPS) is 17.0. The summed E-state index contributed by atoms with van der Waals surface area (Å²) in [5.41, 5.74) is 2.94. The molecule has 0 bridgehead atoms. The second-order valence-corrected chi connectivity index (χ2v) is 9.91. The highest BCUT2D eigenvalue weighted by Gasteiger charge is 2.53. The van der Waals surface area contributed by atoms with Crippen LogP contribution in [0.3, 0.4) is 0 Å². The van der Waals surface area contributed by atoms with Gasteiger partial charge >= 0.3 is 6.18 Å². The van der Waals surface area contributed by atoms with Gasteiger partial charge in [0.25, 0.3) is 5.91 Å². The number of anilines is 1.